The Kier molecular flexibility index (Phi) is 6.46. The summed E-state index contributed by atoms with van der Waals surface area (Å²) in [6.07, 6.45) is 1.24. The van der Waals surface area contributed by atoms with E-state index in [4.69, 9.17) is 4.74 Å². The van der Waals surface area contributed by atoms with Crippen LogP contribution < -0.4 is 4.74 Å². The summed E-state index contributed by atoms with van der Waals surface area (Å²) in [6.45, 7) is 5.84. The molecular formula is C26H29FN2O. The largest absolute Gasteiger partial charge is 0.497 e. The first-order valence-electron chi connectivity index (χ1n) is 10.5. The third kappa shape index (κ3) is 4.89. The first-order valence-corrected chi connectivity index (χ1v) is 10.5. The van der Waals surface area contributed by atoms with E-state index in [9.17, 15) is 4.39 Å². The molecule has 0 aliphatic carbocycles. The van der Waals surface area contributed by atoms with Gasteiger partial charge in [0.15, 0.2) is 0 Å². The Morgan fingerprint density at radius 3 is 2.07 bits per heavy atom. The molecule has 3 nitrogen and oxygen atoms in total. The van der Waals surface area contributed by atoms with Gasteiger partial charge in [0, 0.05) is 26.2 Å². The molecule has 1 fully saturated rings. The van der Waals surface area contributed by atoms with Crippen LogP contribution in [0.1, 0.15) is 34.8 Å². The van der Waals surface area contributed by atoms with Gasteiger partial charge in [0.2, 0.25) is 0 Å². The third-order valence-electron chi connectivity index (χ3n) is 5.78. The van der Waals surface area contributed by atoms with Gasteiger partial charge >= 0.3 is 0 Å². The summed E-state index contributed by atoms with van der Waals surface area (Å²) < 4.78 is 18.9. The number of benzene rings is 3. The molecule has 1 heterocycles. The molecule has 0 N–H and O–H groups in total. The van der Waals surface area contributed by atoms with Crippen LogP contribution in [-0.2, 0) is 13.1 Å². The zero-order valence-electron chi connectivity index (χ0n) is 17.7. The van der Waals surface area contributed by atoms with E-state index >= 15 is 0 Å². The third-order valence-corrected chi connectivity index (χ3v) is 5.78. The summed E-state index contributed by atoms with van der Waals surface area (Å²) in [4.78, 5) is 5.02. The van der Waals surface area contributed by atoms with Crippen molar-refractivity contribution < 1.29 is 9.13 Å². The Balaban J connectivity index is 1.64. The van der Waals surface area contributed by atoms with Crippen LogP contribution >= 0.6 is 0 Å². The van der Waals surface area contributed by atoms with Gasteiger partial charge in [-0.15, -0.1) is 0 Å². The number of hydrogen-bond donors (Lipinski definition) is 0. The van der Waals surface area contributed by atoms with Crippen molar-refractivity contribution in [3.63, 3.8) is 0 Å². The lowest BCUT2D eigenvalue weighted by Gasteiger charge is -2.44. The van der Waals surface area contributed by atoms with Crippen molar-refractivity contribution in [1.29, 1.82) is 0 Å². The highest BCUT2D eigenvalue weighted by Crippen LogP contribution is 2.33. The molecule has 0 amide bonds. The number of ether oxygens (including phenoxy) is 1. The molecule has 1 aliphatic rings. The maximum absolute atomic E-state index is 13.4. The van der Waals surface area contributed by atoms with E-state index in [1.54, 1.807) is 19.2 Å². The molecule has 0 spiro atoms. The van der Waals surface area contributed by atoms with Gasteiger partial charge in [-0.1, -0.05) is 54.1 Å². The van der Waals surface area contributed by atoms with Crippen molar-refractivity contribution in [1.82, 2.24) is 9.80 Å². The molecule has 4 rings (SSSR count). The highest BCUT2D eigenvalue weighted by atomic mass is 19.1. The van der Waals surface area contributed by atoms with Crippen molar-refractivity contribution in [2.24, 2.45) is 0 Å². The Hall–Kier alpha value is -2.69. The topological polar surface area (TPSA) is 15.7 Å². The minimum absolute atomic E-state index is 0.139. The average Bonchev–Trinajstić information content (AvgIpc) is 2.77. The predicted molar refractivity (Wildman–Crippen MR) is 119 cm³/mol. The molecule has 0 saturated carbocycles. The molecule has 3 aromatic carbocycles. The SMILES string of the molecule is COc1cccc([C@@H]2N(Cc3ccc(C)cc3)CCCN2Cc2ccc(F)cc2)c1. The summed E-state index contributed by atoms with van der Waals surface area (Å²) in [6, 6.07) is 24.0. The van der Waals surface area contributed by atoms with E-state index in [0.29, 0.717) is 0 Å². The van der Waals surface area contributed by atoms with Crippen LogP contribution in [0.25, 0.3) is 0 Å². The van der Waals surface area contributed by atoms with Crippen molar-refractivity contribution in [3.05, 3.63) is 101 Å². The van der Waals surface area contributed by atoms with Crippen LogP contribution in [0.3, 0.4) is 0 Å². The second-order valence-corrected chi connectivity index (χ2v) is 8.06. The molecule has 0 aromatic heterocycles. The number of halogens is 1. The van der Waals surface area contributed by atoms with E-state index in [-0.39, 0.29) is 12.0 Å². The summed E-state index contributed by atoms with van der Waals surface area (Å²) in [5.74, 6) is 0.679. The van der Waals surface area contributed by atoms with Gasteiger partial charge in [0.05, 0.1) is 13.3 Å². The second kappa shape index (κ2) is 9.41. The van der Waals surface area contributed by atoms with Gasteiger partial charge < -0.3 is 4.74 Å². The monoisotopic (exact) mass is 404 g/mol. The van der Waals surface area contributed by atoms with Gasteiger partial charge in [-0.3, -0.25) is 9.80 Å². The van der Waals surface area contributed by atoms with Crippen LogP contribution in [0, 0.1) is 12.7 Å². The molecule has 0 unspecified atom stereocenters. The minimum atomic E-state index is -0.192. The average molecular weight is 405 g/mol. The van der Waals surface area contributed by atoms with Gasteiger partial charge in [-0.2, -0.15) is 0 Å². The van der Waals surface area contributed by atoms with Gasteiger partial charge in [0.25, 0.3) is 0 Å². The standard InChI is InChI=1S/C26H29FN2O/c1-20-7-9-21(10-8-20)18-28-15-4-16-29(19-22-11-13-24(27)14-12-22)26(28)23-5-3-6-25(17-23)30-2/h3,5-14,17,26H,4,15-16,18-19H2,1-2H3/t26-/m1/s1. The number of aryl methyl sites for hydroxylation is 1. The lowest BCUT2D eigenvalue weighted by atomic mass is 10.0. The van der Waals surface area contributed by atoms with E-state index < -0.39 is 0 Å². The molecule has 4 heteroatoms. The fraction of sp³-hybridized carbons (Fsp3) is 0.308. The zero-order valence-corrected chi connectivity index (χ0v) is 17.7. The number of methoxy groups -OCH3 is 1. The van der Waals surface area contributed by atoms with E-state index in [2.05, 4.69) is 59.2 Å². The van der Waals surface area contributed by atoms with E-state index in [0.717, 1.165) is 43.9 Å². The molecule has 0 bridgehead atoms. The summed E-state index contributed by atoms with van der Waals surface area (Å²) >= 11 is 0. The number of nitrogens with zero attached hydrogens (tertiary/aromatic N) is 2. The van der Waals surface area contributed by atoms with Crippen LogP contribution in [-0.4, -0.2) is 30.0 Å². The van der Waals surface area contributed by atoms with Crippen molar-refractivity contribution in [2.45, 2.75) is 32.6 Å². The van der Waals surface area contributed by atoms with Gasteiger partial charge in [0.1, 0.15) is 11.6 Å². The first kappa shape index (κ1) is 20.6. The molecule has 30 heavy (non-hydrogen) atoms. The fourth-order valence-corrected chi connectivity index (χ4v) is 4.26. The molecule has 1 saturated heterocycles. The first-order chi connectivity index (χ1) is 14.6. The zero-order chi connectivity index (χ0) is 20.9. The molecule has 3 aromatic rings. The molecule has 1 aliphatic heterocycles. The maximum Gasteiger partial charge on any atom is 0.123 e. The van der Waals surface area contributed by atoms with Crippen LogP contribution in [0.4, 0.5) is 4.39 Å². The summed E-state index contributed by atoms with van der Waals surface area (Å²) in [5, 5.41) is 0. The highest BCUT2D eigenvalue weighted by molar-refractivity contribution is 5.31. The lowest BCUT2D eigenvalue weighted by molar-refractivity contribution is -0.00919. The molecule has 1 atom stereocenters. The molecular weight excluding hydrogens is 375 g/mol. The van der Waals surface area contributed by atoms with Gasteiger partial charge in [-0.25, -0.2) is 4.39 Å². The lowest BCUT2D eigenvalue weighted by Crippen LogP contribution is -2.46. The Labute approximate surface area is 178 Å². The Morgan fingerprint density at radius 2 is 1.47 bits per heavy atom. The highest BCUT2D eigenvalue weighted by Gasteiger charge is 2.31. The smallest absolute Gasteiger partial charge is 0.123 e. The minimum Gasteiger partial charge on any atom is -0.497 e. The maximum atomic E-state index is 13.4. The summed E-state index contributed by atoms with van der Waals surface area (Å²) in [7, 11) is 1.71. The van der Waals surface area contributed by atoms with Crippen molar-refractivity contribution in [2.75, 3.05) is 20.2 Å². The Morgan fingerprint density at radius 1 is 0.867 bits per heavy atom. The van der Waals surface area contributed by atoms with Crippen LogP contribution in [0.2, 0.25) is 0 Å². The molecule has 0 radical (unpaired) electrons. The molecule has 156 valence electrons. The quantitative estimate of drug-likeness (QED) is 0.536. The second-order valence-electron chi connectivity index (χ2n) is 8.06. The van der Waals surface area contributed by atoms with Crippen molar-refractivity contribution in [3.8, 4) is 5.75 Å². The van der Waals surface area contributed by atoms with Crippen molar-refractivity contribution >= 4 is 0 Å². The normalized spacial score (nSPS) is 17.8. The predicted octanol–water partition coefficient (Wildman–Crippen LogP) is 5.55. The summed E-state index contributed by atoms with van der Waals surface area (Å²) in [5.41, 5.74) is 4.95. The fourth-order valence-electron chi connectivity index (χ4n) is 4.26. The van der Waals surface area contributed by atoms with Gasteiger partial charge in [-0.05, 0) is 54.3 Å². The van der Waals surface area contributed by atoms with E-state index in [1.165, 1.54) is 16.7 Å². The number of rotatable bonds is 6. The number of hydrogen-bond acceptors (Lipinski definition) is 3. The Bertz CT molecular complexity index is 900. The van der Waals surface area contributed by atoms with Crippen LogP contribution in [0.15, 0.2) is 72.8 Å². The van der Waals surface area contributed by atoms with E-state index in [1.807, 2.05) is 18.2 Å². The van der Waals surface area contributed by atoms with Crippen LogP contribution in [0.5, 0.6) is 5.75 Å².